The van der Waals surface area contributed by atoms with E-state index in [9.17, 15) is 39.5 Å². The topological polar surface area (TPSA) is 9.23 Å². The van der Waals surface area contributed by atoms with Gasteiger partial charge < -0.3 is 0 Å². The Bertz CT molecular complexity index is 213. The Balaban J connectivity index is 4.79. The molecular weight excluding hydrogens is 247 g/mol. The van der Waals surface area contributed by atoms with E-state index >= 15 is 0 Å². The van der Waals surface area contributed by atoms with Gasteiger partial charge in [0.15, 0.2) is 0 Å². The molecule has 0 aromatic rings. The lowest BCUT2D eigenvalue weighted by molar-refractivity contribution is -0.445. The molecule has 0 aliphatic heterocycles. The van der Waals surface area contributed by atoms with Gasteiger partial charge in [-0.15, -0.1) is 0 Å². The smallest absolute Gasteiger partial charge is 0.246 e. The Kier molecular flexibility index (Phi) is 3.88. The van der Waals surface area contributed by atoms with Gasteiger partial charge in [-0.1, -0.05) is 0 Å². The van der Waals surface area contributed by atoms with Gasteiger partial charge in [-0.05, 0) is 0 Å². The molecule has 0 amide bonds. The van der Waals surface area contributed by atoms with Gasteiger partial charge in [0.05, 0.1) is 0 Å². The Hall–Kier alpha value is -0.670. The van der Waals surface area contributed by atoms with Gasteiger partial charge in [0.2, 0.25) is 6.67 Å². The first-order valence-electron chi connectivity index (χ1n) is 3.02. The van der Waals surface area contributed by atoms with Crippen molar-refractivity contribution in [1.82, 2.24) is 0 Å². The molecule has 0 saturated heterocycles. The Morgan fingerprint density at radius 2 is 1.33 bits per heavy atom. The summed E-state index contributed by atoms with van der Waals surface area (Å²) in [7, 11) is 0. The average Bonchev–Trinajstić information content (AvgIpc) is 2.01. The molecule has 0 heterocycles. The van der Waals surface area contributed by atoms with Crippen LogP contribution in [0.1, 0.15) is 0 Å². The summed E-state index contributed by atoms with van der Waals surface area (Å²) in [6.45, 7) is -1.94. The van der Waals surface area contributed by atoms with Crippen LogP contribution < -0.4 is 0 Å². The summed E-state index contributed by atoms with van der Waals surface area (Å²) in [5, 5.41) is 0. The van der Waals surface area contributed by atoms with Crippen LogP contribution in [0.15, 0.2) is 0 Å². The zero-order valence-electron chi connectivity index (χ0n) is 6.46. The summed E-state index contributed by atoms with van der Waals surface area (Å²) in [6, 6.07) is 0. The number of alkyl halides is 8. The van der Waals surface area contributed by atoms with E-state index in [1.807, 2.05) is 4.74 Å². The lowest BCUT2D eigenvalue weighted by Gasteiger charge is -2.27. The van der Waals surface area contributed by atoms with E-state index in [2.05, 4.69) is 0 Å². The fourth-order valence-corrected chi connectivity index (χ4v) is 0.347. The first-order chi connectivity index (χ1) is 6.46. The van der Waals surface area contributed by atoms with E-state index in [4.69, 9.17) is 0 Å². The molecule has 0 spiro atoms. The van der Waals surface area contributed by atoms with E-state index < -0.39 is 31.2 Å². The second-order valence-corrected chi connectivity index (χ2v) is 2.21. The third-order valence-corrected chi connectivity index (χ3v) is 1.04. The molecule has 0 bridgehead atoms. The molecular formula is C5H2F9O. The van der Waals surface area contributed by atoms with Crippen molar-refractivity contribution in [3.05, 3.63) is 6.67 Å². The standard InChI is InChI=1S/C5H2F9O/c6-1-3(9,10)5(13,14)15-4(11,12)2(7)8/h1-2H. The molecule has 10 heteroatoms. The predicted molar refractivity (Wildman–Crippen MR) is 27.3 cm³/mol. The highest BCUT2D eigenvalue weighted by Crippen LogP contribution is 2.42. The summed E-state index contributed by atoms with van der Waals surface area (Å²) in [5.74, 6) is -5.73. The molecule has 0 aromatic carbocycles. The van der Waals surface area contributed by atoms with Gasteiger partial charge in [0.25, 0.3) is 0 Å². The molecule has 0 N–H and O–H groups in total. The normalized spacial score (nSPS) is 14.8. The second-order valence-electron chi connectivity index (χ2n) is 2.21. The van der Waals surface area contributed by atoms with Crippen molar-refractivity contribution in [3.63, 3.8) is 0 Å². The summed E-state index contributed by atoms with van der Waals surface area (Å²) in [4.78, 5) is 0. The van der Waals surface area contributed by atoms with Crippen LogP contribution >= 0.6 is 0 Å². The molecule has 0 aliphatic carbocycles. The van der Waals surface area contributed by atoms with Crippen molar-refractivity contribution in [3.8, 4) is 0 Å². The van der Waals surface area contributed by atoms with Crippen LogP contribution in [0.25, 0.3) is 0 Å². The molecule has 0 rings (SSSR count). The average molecular weight is 249 g/mol. The molecule has 1 nitrogen and oxygen atoms in total. The highest BCUT2D eigenvalue weighted by Gasteiger charge is 2.64. The lowest BCUT2D eigenvalue weighted by Crippen LogP contribution is -2.49. The van der Waals surface area contributed by atoms with E-state index in [0.29, 0.717) is 0 Å². The minimum Gasteiger partial charge on any atom is -0.246 e. The first kappa shape index (κ1) is 14.3. The number of hydrogen-bond donors (Lipinski definition) is 0. The van der Waals surface area contributed by atoms with Crippen molar-refractivity contribution >= 4 is 0 Å². The van der Waals surface area contributed by atoms with Gasteiger partial charge in [0, 0.05) is 0 Å². The van der Waals surface area contributed by atoms with Crippen LogP contribution in [0.4, 0.5) is 39.5 Å². The molecule has 0 aliphatic rings. The Morgan fingerprint density at radius 1 is 0.933 bits per heavy atom. The van der Waals surface area contributed by atoms with Gasteiger partial charge in [0.1, 0.15) is 0 Å². The predicted octanol–water partition coefficient (Wildman–Crippen LogP) is 3.22. The monoisotopic (exact) mass is 249 g/mol. The van der Waals surface area contributed by atoms with E-state index in [0.717, 1.165) is 0 Å². The minimum atomic E-state index is -6.08. The fourth-order valence-electron chi connectivity index (χ4n) is 0.347. The van der Waals surface area contributed by atoms with Gasteiger partial charge in [-0.2, -0.15) is 26.3 Å². The van der Waals surface area contributed by atoms with Gasteiger partial charge in [-0.25, -0.2) is 17.9 Å². The summed E-state index contributed by atoms with van der Waals surface area (Å²) in [6.07, 6.45) is -16.6. The third kappa shape index (κ3) is 3.14. The van der Waals surface area contributed by atoms with E-state index in [1.54, 1.807) is 0 Å². The second kappa shape index (κ2) is 4.06. The third-order valence-electron chi connectivity index (χ3n) is 1.04. The van der Waals surface area contributed by atoms with Gasteiger partial charge in [-0.3, -0.25) is 0 Å². The summed E-state index contributed by atoms with van der Waals surface area (Å²) in [5.41, 5.74) is 0. The molecule has 0 atom stereocenters. The van der Waals surface area contributed by atoms with Crippen LogP contribution in [0.2, 0.25) is 0 Å². The van der Waals surface area contributed by atoms with Crippen molar-refractivity contribution in [2.45, 2.75) is 24.6 Å². The number of rotatable bonds is 5. The fraction of sp³-hybridized carbons (Fsp3) is 0.800. The van der Waals surface area contributed by atoms with Crippen molar-refractivity contribution in [2.75, 3.05) is 0 Å². The van der Waals surface area contributed by atoms with E-state index in [1.165, 1.54) is 0 Å². The maximum absolute atomic E-state index is 12.0. The Morgan fingerprint density at radius 3 is 1.60 bits per heavy atom. The van der Waals surface area contributed by atoms with E-state index in [-0.39, 0.29) is 0 Å². The molecule has 91 valence electrons. The van der Waals surface area contributed by atoms with Crippen molar-refractivity contribution < 1.29 is 44.3 Å². The zero-order chi connectivity index (χ0) is 12.5. The molecule has 15 heavy (non-hydrogen) atoms. The SMILES string of the molecule is F[CH]C(F)(F)C(F)(F)OC(F)(F)C(F)F. The van der Waals surface area contributed by atoms with Crippen LogP contribution in [0.5, 0.6) is 0 Å². The van der Waals surface area contributed by atoms with Crippen LogP contribution in [0.3, 0.4) is 0 Å². The number of ether oxygens (including phenoxy) is 1. The van der Waals surface area contributed by atoms with Gasteiger partial charge >= 0.3 is 24.6 Å². The molecule has 1 radical (unpaired) electrons. The van der Waals surface area contributed by atoms with Crippen molar-refractivity contribution in [2.24, 2.45) is 0 Å². The lowest BCUT2D eigenvalue weighted by atomic mass is 10.3. The summed E-state index contributed by atoms with van der Waals surface area (Å²) < 4.78 is 107. The number of halogens is 9. The largest absolute Gasteiger partial charge is 0.427 e. The molecule has 0 saturated carbocycles. The highest BCUT2D eigenvalue weighted by atomic mass is 19.3. The molecule has 0 unspecified atom stereocenters. The molecule has 0 aromatic heterocycles. The Labute approximate surface area is 76.8 Å². The maximum atomic E-state index is 12.0. The first-order valence-corrected chi connectivity index (χ1v) is 3.02. The van der Waals surface area contributed by atoms with Crippen molar-refractivity contribution in [1.29, 1.82) is 0 Å². The summed E-state index contributed by atoms with van der Waals surface area (Å²) >= 11 is 0. The zero-order valence-corrected chi connectivity index (χ0v) is 6.46. The van der Waals surface area contributed by atoms with Crippen LogP contribution in [-0.2, 0) is 4.74 Å². The number of hydrogen-bond acceptors (Lipinski definition) is 1. The minimum absolute atomic E-state index is 1.90. The quantitative estimate of drug-likeness (QED) is 0.679. The highest BCUT2D eigenvalue weighted by molar-refractivity contribution is 4.85. The molecule has 0 fully saturated rings. The maximum Gasteiger partial charge on any atom is 0.427 e. The van der Waals surface area contributed by atoms with Crippen LogP contribution in [0, 0.1) is 6.67 Å². The van der Waals surface area contributed by atoms with Crippen LogP contribution in [-0.4, -0.2) is 24.6 Å².